The Balaban J connectivity index is 2.66. The van der Waals surface area contributed by atoms with Crippen molar-refractivity contribution in [2.75, 3.05) is 0 Å². The van der Waals surface area contributed by atoms with E-state index >= 15 is 0 Å². The first-order chi connectivity index (χ1) is 6.59. The second kappa shape index (κ2) is 4.99. The van der Waals surface area contributed by atoms with Crippen LogP contribution >= 0.6 is 22.6 Å². The van der Waals surface area contributed by atoms with Crippen molar-refractivity contribution in [3.05, 3.63) is 39.7 Å². The molecule has 0 atom stereocenters. The van der Waals surface area contributed by atoms with Crippen LogP contribution in [0.1, 0.15) is 6.92 Å². The van der Waals surface area contributed by atoms with Gasteiger partial charge in [0, 0.05) is 3.57 Å². The molecule has 0 aromatic heterocycles. The highest BCUT2D eigenvalue weighted by atomic mass is 127. The van der Waals surface area contributed by atoms with Gasteiger partial charge in [-0.15, -0.1) is 0 Å². The van der Waals surface area contributed by atoms with Gasteiger partial charge in [-0.25, -0.2) is 4.79 Å². The van der Waals surface area contributed by atoms with Crippen LogP contribution < -0.4 is 4.74 Å². The number of hydrogen-bond acceptors (Lipinski definition) is 2. The van der Waals surface area contributed by atoms with Gasteiger partial charge >= 0.3 is 5.97 Å². The van der Waals surface area contributed by atoms with Gasteiger partial charge in [-0.3, -0.25) is 0 Å². The topological polar surface area (TPSA) is 46.5 Å². The van der Waals surface area contributed by atoms with Gasteiger partial charge in [0.25, 0.3) is 0 Å². The predicted octanol–water partition coefficient (Wildman–Crippen LogP) is 2.66. The standard InChI is InChI=1S/C10H9IO3/c1-7(10(12)13)6-14-9-4-2-8(11)3-5-9/h2-6H,1H3,(H,12,13)/b7-6+. The number of benzene rings is 1. The van der Waals surface area contributed by atoms with E-state index in [4.69, 9.17) is 9.84 Å². The molecule has 1 aromatic rings. The molecule has 14 heavy (non-hydrogen) atoms. The summed E-state index contributed by atoms with van der Waals surface area (Å²) in [6.07, 6.45) is 1.23. The summed E-state index contributed by atoms with van der Waals surface area (Å²) >= 11 is 2.18. The lowest BCUT2D eigenvalue weighted by Crippen LogP contribution is -1.97. The number of hydrogen-bond donors (Lipinski definition) is 1. The zero-order valence-corrected chi connectivity index (χ0v) is 9.69. The van der Waals surface area contributed by atoms with Gasteiger partial charge in [0.1, 0.15) is 12.0 Å². The van der Waals surface area contributed by atoms with Crippen molar-refractivity contribution in [1.29, 1.82) is 0 Å². The molecule has 0 bridgehead atoms. The summed E-state index contributed by atoms with van der Waals surface area (Å²) in [7, 11) is 0. The summed E-state index contributed by atoms with van der Waals surface area (Å²) in [4.78, 5) is 10.4. The highest BCUT2D eigenvalue weighted by molar-refractivity contribution is 14.1. The van der Waals surface area contributed by atoms with E-state index in [2.05, 4.69) is 22.6 Å². The lowest BCUT2D eigenvalue weighted by atomic mass is 10.3. The van der Waals surface area contributed by atoms with Gasteiger partial charge in [0.2, 0.25) is 0 Å². The third-order valence-corrected chi connectivity index (χ3v) is 2.24. The molecule has 3 nitrogen and oxygen atoms in total. The fourth-order valence-electron chi connectivity index (χ4n) is 0.720. The van der Waals surface area contributed by atoms with Gasteiger partial charge in [-0.1, -0.05) is 0 Å². The Bertz CT molecular complexity index is 354. The van der Waals surface area contributed by atoms with Gasteiger partial charge in [0.05, 0.1) is 5.57 Å². The van der Waals surface area contributed by atoms with Crippen LogP contribution in [0, 0.1) is 3.57 Å². The van der Waals surface area contributed by atoms with E-state index < -0.39 is 5.97 Å². The minimum atomic E-state index is -0.976. The van der Waals surface area contributed by atoms with E-state index in [1.165, 1.54) is 13.2 Å². The molecule has 0 heterocycles. The molecule has 0 aliphatic rings. The summed E-state index contributed by atoms with van der Waals surface area (Å²) in [5.74, 6) is -0.346. The lowest BCUT2D eigenvalue weighted by molar-refractivity contribution is -0.132. The average molecular weight is 304 g/mol. The lowest BCUT2D eigenvalue weighted by Gasteiger charge is -2.00. The van der Waals surface area contributed by atoms with Crippen molar-refractivity contribution in [3.63, 3.8) is 0 Å². The molecule has 0 aliphatic heterocycles. The van der Waals surface area contributed by atoms with Crippen LogP contribution in [0.3, 0.4) is 0 Å². The summed E-state index contributed by atoms with van der Waals surface area (Å²) in [6, 6.07) is 7.35. The number of rotatable bonds is 3. The normalized spacial score (nSPS) is 11.1. The third kappa shape index (κ3) is 3.37. The monoisotopic (exact) mass is 304 g/mol. The predicted molar refractivity (Wildman–Crippen MR) is 61.2 cm³/mol. The smallest absolute Gasteiger partial charge is 0.334 e. The molecule has 74 valence electrons. The number of carboxylic acid groups (broad SMARTS) is 1. The molecule has 0 aliphatic carbocycles. The maximum Gasteiger partial charge on any atom is 0.334 e. The Hall–Kier alpha value is -1.04. The average Bonchev–Trinajstić information content (AvgIpc) is 2.16. The molecule has 0 saturated heterocycles. The zero-order valence-electron chi connectivity index (χ0n) is 7.53. The highest BCUT2D eigenvalue weighted by Gasteiger charge is 1.99. The molecule has 4 heteroatoms. The van der Waals surface area contributed by atoms with Crippen molar-refractivity contribution in [2.45, 2.75) is 6.92 Å². The van der Waals surface area contributed by atoms with E-state index in [9.17, 15) is 4.79 Å². The summed E-state index contributed by atoms with van der Waals surface area (Å²) in [6.45, 7) is 1.48. The number of ether oxygens (including phenoxy) is 1. The molecule has 1 N–H and O–H groups in total. The van der Waals surface area contributed by atoms with E-state index in [0.717, 1.165) is 3.57 Å². The van der Waals surface area contributed by atoms with Gasteiger partial charge < -0.3 is 9.84 Å². The number of halogens is 1. The van der Waals surface area contributed by atoms with Crippen LogP contribution in [0.25, 0.3) is 0 Å². The van der Waals surface area contributed by atoms with E-state index in [1.807, 2.05) is 12.1 Å². The minimum absolute atomic E-state index is 0.170. The molecule has 0 spiro atoms. The second-order valence-corrected chi connectivity index (χ2v) is 3.92. The molecule has 0 fully saturated rings. The Morgan fingerprint density at radius 2 is 2.00 bits per heavy atom. The summed E-state index contributed by atoms with van der Waals surface area (Å²) in [5.41, 5.74) is 0.170. The fourth-order valence-corrected chi connectivity index (χ4v) is 1.08. The third-order valence-electron chi connectivity index (χ3n) is 1.52. The molecule has 1 rings (SSSR count). The molecule has 0 amide bonds. The van der Waals surface area contributed by atoms with Crippen LogP contribution in [0.2, 0.25) is 0 Å². The Kier molecular flexibility index (Phi) is 3.94. The van der Waals surface area contributed by atoms with Crippen molar-refractivity contribution >= 4 is 28.6 Å². The quantitative estimate of drug-likeness (QED) is 0.530. The first-order valence-electron chi connectivity index (χ1n) is 3.92. The zero-order chi connectivity index (χ0) is 10.6. The largest absolute Gasteiger partial charge is 0.478 e. The van der Waals surface area contributed by atoms with E-state index in [1.54, 1.807) is 12.1 Å². The van der Waals surface area contributed by atoms with Crippen molar-refractivity contribution < 1.29 is 14.6 Å². The Morgan fingerprint density at radius 3 is 2.50 bits per heavy atom. The van der Waals surface area contributed by atoms with Crippen LogP contribution in [-0.2, 0) is 4.79 Å². The van der Waals surface area contributed by atoms with Crippen LogP contribution in [0.15, 0.2) is 36.1 Å². The van der Waals surface area contributed by atoms with Crippen LogP contribution in [0.4, 0.5) is 0 Å². The number of aliphatic carboxylic acids is 1. The van der Waals surface area contributed by atoms with Gasteiger partial charge in [0.15, 0.2) is 0 Å². The minimum Gasteiger partial charge on any atom is -0.478 e. The molecule has 0 unspecified atom stereocenters. The maximum absolute atomic E-state index is 10.4. The van der Waals surface area contributed by atoms with Crippen molar-refractivity contribution in [2.24, 2.45) is 0 Å². The SMILES string of the molecule is C/C(=C\Oc1ccc(I)cc1)C(=O)O. The van der Waals surface area contributed by atoms with Crippen molar-refractivity contribution in [3.8, 4) is 5.75 Å². The molecular formula is C10H9IO3. The first kappa shape index (κ1) is 11.0. The van der Waals surface area contributed by atoms with E-state index in [0.29, 0.717) is 5.75 Å². The Labute approximate surface area is 95.5 Å². The maximum atomic E-state index is 10.4. The summed E-state index contributed by atoms with van der Waals surface area (Å²) in [5, 5.41) is 8.55. The summed E-state index contributed by atoms with van der Waals surface area (Å²) < 4.78 is 6.24. The molecule has 0 saturated carbocycles. The fraction of sp³-hybridized carbons (Fsp3) is 0.100. The number of carbonyl (C=O) groups is 1. The van der Waals surface area contributed by atoms with Crippen molar-refractivity contribution in [1.82, 2.24) is 0 Å². The second-order valence-electron chi connectivity index (χ2n) is 2.68. The van der Waals surface area contributed by atoms with Gasteiger partial charge in [-0.05, 0) is 53.8 Å². The van der Waals surface area contributed by atoms with Crippen LogP contribution in [-0.4, -0.2) is 11.1 Å². The van der Waals surface area contributed by atoms with Gasteiger partial charge in [-0.2, -0.15) is 0 Å². The number of carboxylic acids is 1. The van der Waals surface area contributed by atoms with Crippen LogP contribution in [0.5, 0.6) is 5.75 Å². The first-order valence-corrected chi connectivity index (χ1v) is 5.00. The van der Waals surface area contributed by atoms with E-state index in [-0.39, 0.29) is 5.57 Å². The molecular weight excluding hydrogens is 295 g/mol. The molecule has 0 radical (unpaired) electrons. The highest BCUT2D eigenvalue weighted by Crippen LogP contribution is 2.14. The molecule has 1 aromatic carbocycles. The Morgan fingerprint density at radius 1 is 1.43 bits per heavy atom.